The van der Waals surface area contributed by atoms with Crippen molar-refractivity contribution in [3.05, 3.63) is 29.3 Å². The second-order valence-corrected chi connectivity index (χ2v) is 9.68. The van der Waals surface area contributed by atoms with Crippen molar-refractivity contribution in [2.75, 3.05) is 23.0 Å². The number of anilines is 1. The molecule has 0 bridgehead atoms. The molecule has 2 saturated heterocycles. The number of benzene rings is 1. The summed E-state index contributed by atoms with van der Waals surface area (Å²) in [6, 6.07) is 7.30. The highest BCUT2D eigenvalue weighted by Crippen LogP contribution is 2.36. The molecule has 0 saturated carbocycles. The lowest BCUT2D eigenvalue weighted by Crippen LogP contribution is -2.38. The van der Waals surface area contributed by atoms with Crippen LogP contribution in [0.3, 0.4) is 0 Å². The molecule has 0 aromatic heterocycles. The van der Waals surface area contributed by atoms with Gasteiger partial charge < -0.3 is 9.80 Å². The van der Waals surface area contributed by atoms with E-state index >= 15 is 0 Å². The smallest absolute Gasteiger partial charge is 0.176 e. The van der Waals surface area contributed by atoms with Crippen LogP contribution in [-0.4, -0.2) is 48.6 Å². The van der Waals surface area contributed by atoms with E-state index in [-0.39, 0.29) is 23.6 Å². The van der Waals surface area contributed by atoms with Crippen molar-refractivity contribution in [2.24, 2.45) is 5.92 Å². The van der Waals surface area contributed by atoms with Crippen molar-refractivity contribution in [3.63, 3.8) is 0 Å². The molecule has 2 aliphatic heterocycles. The van der Waals surface area contributed by atoms with Crippen LogP contribution >= 0.6 is 23.8 Å². The van der Waals surface area contributed by atoms with E-state index in [0.717, 1.165) is 23.8 Å². The highest BCUT2D eigenvalue weighted by atomic mass is 35.5. The maximum absolute atomic E-state index is 12.2. The van der Waals surface area contributed by atoms with Gasteiger partial charge in [0.1, 0.15) is 0 Å². The molecule has 3 rings (SSSR count). The molecular formula is C16H21ClN2O2S2. The van der Waals surface area contributed by atoms with Gasteiger partial charge in [-0.25, -0.2) is 8.42 Å². The van der Waals surface area contributed by atoms with Gasteiger partial charge >= 0.3 is 0 Å². The number of thiocarbonyl (C=S) groups is 1. The Balaban J connectivity index is 1.94. The molecular weight excluding hydrogens is 352 g/mol. The van der Waals surface area contributed by atoms with Crippen LogP contribution in [0.4, 0.5) is 5.69 Å². The first-order valence-electron chi connectivity index (χ1n) is 7.84. The van der Waals surface area contributed by atoms with Crippen molar-refractivity contribution in [1.29, 1.82) is 0 Å². The van der Waals surface area contributed by atoms with E-state index in [2.05, 4.69) is 18.7 Å². The molecule has 23 heavy (non-hydrogen) atoms. The number of hydrogen-bond donors (Lipinski definition) is 0. The molecule has 0 unspecified atom stereocenters. The summed E-state index contributed by atoms with van der Waals surface area (Å²) in [6.45, 7) is 5.12. The largest absolute Gasteiger partial charge is 0.343 e. The van der Waals surface area contributed by atoms with Gasteiger partial charge in [-0.05, 0) is 42.8 Å². The normalized spacial score (nSPS) is 26.2. The number of fused-ring (bicyclic) bond motifs is 1. The average molecular weight is 373 g/mol. The van der Waals surface area contributed by atoms with Crippen LogP contribution < -0.4 is 4.90 Å². The Hall–Kier alpha value is -0.850. The predicted molar refractivity (Wildman–Crippen MR) is 98.9 cm³/mol. The second-order valence-electron chi connectivity index (χ2n) is 6.72. The Bertz CT molecular complexity index is 721. The summed E-state index contributed by atoms with van der Waals surface area (Å²) in [4.78, 5) is 4.09. The molecule has 4 nitrogen and oxygen atoms in total. The van der Waals surface area contributed by atoms with Crippen LogP contribution in [0.5, 0.6) is 0 Å². The van der Waals surface area contributed by atoms with Gasteiger partial charge in [0.2, 0.25) is 0 Å². The maximum atomic E-state index is 12.2. The topological polar surface area (TPSA) is 40.6 Å². The number of hydrogen-bond acceptors (Lipinski definition) is 3. The third kappa shape index (κ3) is 3.35. The van der Waals surface area contributed by atoms with Crippen molar-refractivity contribution in [2.45, 2.75) is 32.4 Å². The summed E-state index contributed by atoms with van der Waals surface area (Å²) in [6.07, 6.45) is 0.993. The summed E-state index contributed by atoms with van der Waals surface area (Å²) < 4.78 is 24.3. The molecule has 126 valence electrons. The fourth-order valence-electron chi connectivity index (χ4n) is 3.36. The van der Waals surface area contributed by atoms with E-state index < -0.39 is 9.84 Å². The number of rotatable bonds is 4. The Morgan fingerprint density at radius 1 is 1.30 bits per heavy atom. The summed E-state index contributed by atoms with van der Waals surface area (Å²) in [5.74, 6) is 0.893. The lowest BCUT2D eigenvalue weighted by Gasteiger charge is -2.26. The predicted octanol–water partition coefficient (Wildman–Crippen LogP) is 2.96. The molecule has 0 spiro atoms. The lowest BCUT2D eigenvalue weighted by molar-refractivity contribution is 0.333. The zero-order valence-electron chi connectivity index (χ0n) is 13.3. The molecule has 2 atom stereocenters. The average Bonchev–Trinajstić information content (AvgIpc) is 2.86. The van der Waals surface area contributed by atoms with E-state index in [9.17, 15) is 8.42 Å². The van der Waals surface area contributed by atoms with E-state index in [1.807, 2.05) is 29.2 Å². The highest BCUT2D eigenvalue weighted by Gasteiger charge is 2.51. The Kier molecular flexibility index (Phi) is 4.60. The number of halogens is 1. The Labute approximate surface area is 148 Å². The fraction of sp³-hybridized carbons (Fsp3) is 0.562. The number of nitrogens with zero attached hydrogens (tertiary/aromatic N) is 2. The van der Waals surface area contributed by atoms with Gasteiger partial charge in [0.15, 0.2) is 14.9 Å². The van der Waals surface area contributed by atoms with Crippen molar-refractivity contribution >= 4 is 44.5 Å². The minimum atomic E-state index is -3.03. The van der Waals surface area contributed by atoms with Crippen LogP contribution in [0.1, 0.15) is 20.3 Å². The van der Waals surface area contributed by atoms with Gasteiger partial charge in [0.25, 0.3) is 0 Å². The molecule has 2 heterocycles. The van der Waals surface area contributed by atoms with E-state index in [0.29, 0.717) is 10.9 Å². The second kappa shape index (κ2) is 6.22. The van der Waals surface area contributed by atoms with E-state index in [1.54, 1.807) is 0 Å². The fourth-order valence-corrected chi connectivity index (χ4v) is 5.97. The van der Waals surface area contributed by atoms with Gasteiger partial charge in [-0.2, -0.15) is 0 Å². The van der Waals surface area contributed by atoms with E-state index in [4.69, 9.17) is 23.8 Å². The Morgan fingerprint density at radius 3 is 2.65 bits per heavy atom. The molecule has 0 radical (unpaired) electrons. The molecule has 0 amide bonds. The minimum absolute atomic E-state index is 0.0507. The third-order valence-electron chi connectivity index (χ3n) is 4.51. The van der Waals surface area contributed by atoms with Crippen LogP contribution in [0, 0.1) is 5.92 Å². The van der Waals surface area contributed by atoms with E-state index in [1.165, 1.54) is 0 Å². The van der Waals surface area contributed by atoms with Gasteiger partial charge in [-0.3, -0.25) is 0 Å². The summed E-state index contributed by atoms with van der Waals surface area (Å²) >= 11 is 11.8. The highest BCUT2D eigenvalue weighted by molar-refractivity contribution is 7.91. The Morgan fingerprint density at radius 2 is 2.00 bits per heavy atom. The third-order valence-corrected chi connectivity index (χ3v) is 6.88. The van der Waals surface area contributed by atoms with Gasteiger partial charge in [-0.15, -0.1) is 0 Å². The monoisotopic (exact) mass is 372 g/mol. The molecule has 2 aliphatic rings. The molecule has 1 aromatic carbocycles. The van der Waals surface area contributed by atoms with Crippen molar-refractivity contribution < 1.29 is 8.42 Å². The van der Waals surface area contributed by atoms with Crippen molar-refractivity contribution in [1.82, 2.24) is 4.90 Å². The molecule has 0 aliphatic carbocycles. The van der Waals surface area contributed by atoms with Crippen molar-refractivity contribution in [3.8, 4) is 0 Å². The van der Waals surface area contributed by atoms with Gasteiger partial charge in [0, 0.05) is 17.3 Å². The summed E-state index contributed by atoms with van der Waals surface area (Å²) in [5.41, 5.74) is 0.877. The quantitative estimate of drug-likeness (QED) is 0.760. The first-order valence-corrected chi connectivity index (χ1v) is 10.4. The van der Waals surface area contributed by atoms with Crippen LogP contribution in [-0.2, 0) is 9.84 Å². The SMILES string of the molecule is CC(C)CCN1C(=S)N(c2cccc(Cl)c2)[C@H]2CS(=O)(=O)C[C@@H]21. The molecule has 0 N–H and O–H groups in total. The molecule has 2 fully saturated rings. The van der Waals surface area contributed by atoms with Crippen LogP contribution in [0.25, 0.3) is 0 Å². The van der Waals surface area contributed by atoms with Gasteiger partial charge in [0.05, 0.1) is 23.6 Å². The number of sulfone groups is 1. The van der Waals surface area contributed by atoms with Crippen LogP contribution in [0.15, 0.2) is 24.3 Å². The zero-order valence-corrected chi connectivity index (χ0v) is 15.7. The lowest BCUT2D eigenvalue weighted by atomic mass is 10.1. The first kappa shape index (κ1) is 17.0. The summed E-state index contributed by atoms with van der Waals surface area (Å²) in [7, 11) is -3.03. The summed E-state index contributed by atoms with van der Waals surface area (Å²) in [5, 5.41) is 1.35. The standard InChI is InChI=1S/C16H21ClN2O2S2/c1-11(2)6-7-18-14-9-23(20,21)10-15(14)19(16(18)22)13-5-3-4-12(17)8-13/h3-5,8,11,14-15H,6-7,9-10H2,1-2H3/t14-,15-/m0/s1. The maximum Gasteiger partial charge on any atom is 0.176 e. The zero-order chi connectivity index (χ0) is 16.8. The molecule has 1 aromatic rings. The minimum Gasteiger partial charge on any atom is -0.343 e. The molecule has 7 heteroatoms. The first-order chi connectivity index (χ1) is 10.8. The van der Waals surface area contributed by atoms with Crippen LogP contribution in [0.2, 0.25) is 5.02 Å². The van der Waals surface area contributed by atoms with Gasteiger partial charge in [-0.1, -0.05) is 31.5 Å².